The Morgan fingerprint density at radius 2 is 1.71 bits per heavy atom. The molecular formula is C30H45N3O9. The van der Waals surface area contributed by atoms with Gasteiger partial charge in [-0.2, -0.15) is 0 Å². The van der Waals surface area contributed by atoms with Gasteiger partial charge >= 0.3 is 11.9 Å². The van der Waals surface area contributed by atoms with Crippen molar-refractivity contribution in [2.24, 2.45) is 5.92 Å². The lowest BCUT2D eigenvalue weighted by molar-refractivity contribution is -0.156. The smallest absolute Gasteiger partial charge is 0.308 e. The molecule has 1 heterocycles. The largest absolute Gasteiger partial charge is 0.491 e. The van der Waals surface area contributed by atoms with Crippen molar-refractivity contribution in [3.63, 3.8) is 0 Å². The average Bonchev–Trinajstić information content (AvgIpc) is 3.39. The summed E-state index contributed by atoms with van der Waals surface area (Å²) >= 11 is 0. The second-order valence-corrected chi connectivity index (χ2v) is 11.8. The van der Waals surface area contributed by atoms with E-state index < -0.39 is 59.5 Å². The summed E-state index contributed by atoms with van der Waals surface area (Å²) in [5.74, 6) is -2.81. The molecule has 3 amide bonds. The summed E-state index contributed by atoms with van der Waals surface area (Å²) < 4.78 is 11.0. The van der Waals surface area contributed by atoms with Gasteiger partial charge < -0.3 is 35.2 Å². The third-order valence-electron chi connectivity index (χ3n) is 6.64. The van der Waals surface area contributed by atoms with Crippen LogP contribution in [0.3, 0.4) is 0 Å². The Bertz CT molecular complexity index is 1070. The standard InChI is InChI=1S/C30H45N3O9/c1-19(2)27(32-24(35)14-9-15-25(36)37)29(40)33-16-10-13-22(33)28(39)31-21(17-26(38)42-30(3,4)5)23(34)18-41-20-11-7-6-8-12-20/h6-8,11-12,19,21-23,27,34H,9-10,13-18H2,1-5H3,(H,31,39)(H,32,35)(H,36,37)/t21-,22-,23?,27-/m0/s1. The second kappa shape index (κ2) is 16.1. The number of likely N-dealkylation sites (tertiary alicyclic amines) is 1. The lowest BCUT2D eigenvalue weighted by Crippen LogP contribution is -2.57. The van der Waals surface area contributed by atoms with Crippen molar-refractivity contribution in [2.75, 3.05) is 13.2 Å². The topological polar surface area (TPSA) is 172 Å². The number of ether oxygens (including phenoxy) is 2. The Labute approximate surface area is 247 Å². The van der Waals surface area contributed by atoms with E-state index >= 15 is 0 Å². The van der Waals surface area contributed by atoms with Crippen molar-refractivity contribution < 1.29 is 43.7 Å². The van der Waals surface area contributed by atoms with Crippen molar-refractivity contribution in [3.05, 3.63) is 30.3 Å². The third-order valence-corrected chi connectivity index (χ3v) is 6.64. The molecule has 12 heteroatoms. The molecular weight excluding hydrogens is 546 g/mol. The van der Waals surface area contributed by atoms with E-state index in [-0.39, 0.29) is 38.2 Å². The number of nitrogens with one attached hydrogen (secondary N) is 2. The number of carbonyl (C=O) groups excluding carboxylic acids is 4. The summed E-state index contributed by atoms with van der Waals surface area (Å²) in [5.41, 5.74) is -0.768. The Kier molecular flexibility index (Phi) is 13.2. The molecule has 1 aromatic carbocycles. The van der Waals surface area contributed by atoms with Crippen LogP contribution in [-0.2, 0) is 28.7 Å². The Morgan fingerprint density at radius 3 is 2.31 bits per heavy atom. The van der Waals surface area contributed by atoms with Crippen molar-refractivity contribution in [1.82, 2.24) is 15.5 Å². The number of hydrogen-bond donors (Lipinski definition) is 4. The maximum absolute atomic E-state index is 13.5. The number of carboxylic acid groups (broad SMARTS) is 1. The molecule has 0 saturated carbocycles. The van der Waals surface area contributed by atoms with Crippen molar-refractivity contribution in [3.8, 4) is 5.75 Å². The molecule has 1 aromatic rings. The highest BCUT2D eigenvalue weighted by atomic mass is 16.6. The van der Waals surface area contributed by atoms with Crippen LogP contribution in [0, 0.1) is 5.92 Å². The fourth-order valence-corrected chi connectivity index (χ4v) is 4.58. The van der Waals surface area contributed by atoms with Crippen LogP contribution in [0.2, 0.25) is 0 Å². The molecule has 1 unspecified atom stereocenters. The SMILES string of the molecule is CC(C)[C@H](NC(=O)CCCC(=O)O)C(=O)N1CCC[C@H]1C(=O)N[C@@H](CC(=O)OC(C)(C)C)C(O)COc1ccccc1. The van der Waals surface area contributed by atoms with E-state index in [0.717, 1.165) is 0 Å². The second-order valence-electron chi connectivity index (χ2n) is 11.8. The summed E-state index contributed by atoms with van der Waals surface area (Å²) in [6.07, 6.45) is -0.714. The van der Waals surface area contributed by atoms with E-state index in [4.69, 9.17) is 14.6 Å². The van der Waals surface area contributed by atoms with Gasteiger partial charge in [0.05, 0.1) is 12.5 Å². The molecule has 4 N–H and O–H groups in total. The Hall–Kier alpha value is -3.67. The van der Waals surface area contributed by atoms with Gasteiger partial charge in [-0.3, -0.25) is 24.0 Å². The molecule has 1 saturated heterocycles. The minimum absolute atomic E-state index is 0.0397. The normalized spacial score (nSPS) is 17.2. The van der Waals surface area contributed by atoms with Gasteiger partial charge in [0.15, 0.2) is 0 Å². The number of esters is 1. The molecule has 2 rings (SSSR count). The third kappa shape index (κ3) is 11.7. The molecule has 0 spiro atoms. The summed E-state index contributed by atoms with van der Waals surface area (Å²) in [7, 11) is 0. The maximum Gasteiger partial charge on any atom is 0.308 e. The zero-order valence-corrected chi connectivity index (χ0v) is 25.1. The number of hydrogen-bond acceptors (Lipinski definition) is 8. The van der Waals surface area contributed by atoms with Crippen LogP contribution in [0.1, 0.15) is 73.1 Å². The van der Waals surface area contributed by atoms with Crippen molar-refractivity contribution >= 4 is 29.7 Å². The van der Waals surface area contributed by atoms with E-state index in [1.165, 1.54) is 4.90 Å². The van der Waals surface area contributed by atoms with E-state index in [9.17, 15) is 29.1 Å². The number of para-hydroxylation sites is 1. The van der Waals surface area contributed by atoms with E-state index in [0.29, 0.717) is 25.1 Å². The Balaban J connectivity index is 2.13. The quantitative estimate of drug-likeness (QED) is 0.223. The number of aliphatic carboxylic acids is 1. The predicted molar refractivity (Wildman–Crippen MR) is 153 cm³/mol. The number of aliphatic hydroxyl groups is 1. The lowest BCUT2D eigenvalue weighted by Gasteiger charge is -2.32. The first-order valence-electron chi connectivity index (χ1n) is 14.4. The number of nitrogens with zero attached hydrogens (tertiary/aromatic N) is 1. The number of aliphatic hydroxyl groups excluding tert-OH is 1. The van der Waals surface area contributed by atoms with Crippen LogP contribution in [-0.4, -0.2) is 87.8 Å². The first kappa shape index (κ1) is 34.5. The molecule has 0 bridgehead atoms. The number of amides is 3. The summed E-state index contributed by atoms with van der Waals surface area (Å²) in [6.45, 7) is 8.78. The molecule has 1 aliphatic heterocycles. The fourth-order valence-electron chi connectivity index (χ4n) is 4.58. The van der Waals surface area contributed by atoms with Crippen LogP contribution in [0.25, 0.3) is 0 Å². The lowest BCUT2D eigenvalue weighted by atomic mass is 10.0. The van der Waals surface area contributed by atoms with Crippen LogP contribution in [0.4, 0.5) is 0 Å². The zero-order valence-electron chi connectivity index (χ0n) is 25.1. The van der Waals surface area contributed by atoms with Gasteiger partial charge in [0, 0.05) is 19.4 Å². The van der Waals surface area contributed by atoms with Gasteiger partial charge in [-0.15, -0.1) is 0 Å². The van der Waals surface area contributed by atoms with Gasteiger partial charge in [-0.1, -0.05) is 32.0 Å². The summed E-state index contributed by atoms with van der Waals surface area (Å²) in [6, 6.07) is 5.97. The van der Waals surface area contributed by atoms with Crippen LogP contribution >= 0.6 is 0 Å². The van der Waals surface area contributed by atoms with Gasteiger partial charge in [-0.25, -0.2) is 0 Å². The molecule has 4 atom stereocenters. The molecule has 1 fully saturated rings. The molecule has 0 radical (unpaired) electrons. The zero-order chi connectivity index (χ0) is 31.4. The first-order valence-corrected chi connectivity index (χ1v) is 14.4. The van der Waals surface area contributed by atoms with E-state index in [1.807, 2.05) is 6.07 Å². The first-order chi connectivity index (χ1) is 19.7. The highest BCUT2D eigenvalue weighted by Gasteiger charge is 2.40. The molecule has 0 aliphatic carbocycles. The van der Waals surface area contributed by atoms with Gasteiger partial charge in [0.2, 0.25) is 17.7 Å². The molecule has 0 aromatic heterocycles. The van der Waals surface area contributed by atoms with Crippen LogP contribution < -0.4 is 15.4 Å². The Morgan fingerprint density at radius 1 is 1.05 bits per heavy atom. The van der Waals surface area contributed by atoms with E-state index in [2.05, 4.69) is 10.6 Å². The molecule has 1 aliphatic rings. The number of carboxylic acids is 1. The number of carbonyl (C=O) groups is 5. The molecule has 12 nitrogen and oxygen atoms in total. The van der Waals surface area contributed by atoms with Crippen LogP contribution in [0.15, 0.2) is 30.3 Å². The summed E-state index contributed by atoms with van der Waals surface area (Å²) in [4.78, 5) is 64.2. The monoisotopic (exact) mass is 591 g/mol. The highest BCUT2D eigenvalue weighted by Crippen LogP contribution is 2.22. The van der Waals surface area contributed by atoms with Gasteiger partial charge in [-0.05, 0) is 58.1 Å². The number of rotatable bonds is 15. The fraction of sp³-hybridized carbons (Fsp3) is 0.633. The highest BCUT2D eigenvalue weighted by molar-refractivity contribution is 5.93. The van der Waals surface area contributed by atoms with E-state index in [1.54, 1.807) is 58.9 Å². The molecule has 42 heavy (non-hydrogen) atoms. The predicted octanol–water partition coefficient (Wildman–Crippen LogP) is 2.03. The minimum atomic E-state index is -1.26. The van der Waals surface area contributed by atoms with Gasteiger partial charge in [0.25, 0.3) is 0 Å². The van der Waals surface area contributed by atoms with Crippen molar-refractivity contribution in [2.45, 2.75) is 103 Å². The summed E-state index contributed by atoms with van der Waals surface area (Å²) in [5, 5.41) is 25.2. The minimum Gasteiger partial charge on any atom is -0.491 e. The maximum atomic E-state index is 13.5. The average molecular weight is 592 g/mol. The molecule has 234 valence electrons. The van der Waals surface area contributed by atoms with Gasteiger partial charge in [0.1, 0.15) is 36.1 Å². The van der Waals surface area contributed by atoms with Crippen LogP contribution in [0.5, 0.6) is 5.75 Å². The van der Waals surface area contributed by atoms with Crippen molar-refractivity contribution in [1.29, 1.82) is 0 Å². The number of benzene rings is 1.